The van der Waals surface area contributed by atoms with Gasteiger partial charge in [0.2, 0.25) is 12.7 Å². The number of rotatable bonds is 5. The van der Waals surface area contributed by atoms with E-state index in [9.17, 15) is 4.79 Å². The monoisotopic (exact) mass is 261 g/mol. The largest absolute Gasteiger partial charge is 0.454 e. The lowest BCUT2D eigenvalue weighted by Gasteiger charge is -2.06. The second-order valence-corrected chi connectivity index (χ2v) is 4.49. The van der Waals surface area contributed by atoms with Gasteiger partial charge in [-0.25, -0.2) is 0 Å². The Morgan fingerprint density at radius 3 is 2.95 bits per heavy atom. The van der Waals surface area contributed by atoms with E-state index in [1.165, 1.54) is 0 Å². The number of allylic oxidation sites excluding steroid dienone is 1. The SMILES string of the molecule is CC/C=C(/C)C(=O)NCCc1ccc2c(c1)OCO2. The highest BCUT2D eigenvalue weighted by molar-refractivity contribution is 5.92. The molecule has 2 rings (SSSR count). The molecule has 1 amide bonds. The van der Waals surface area contributed by atoms with Crippen molar-refractivity contribution >= 4 is 5.91 Å². The fourth-order valence-electron chi connectivity index (χ4n) is 1.96. The van der Waals surface area contributed by atoms with Crippen LogP contribution in [0.4, 0.5) is 0 Å². The van der Waals surface area contributed by atoms with Gasteiger partial charge in [-0.15, -0.1) is 0 Å². The maximum atomic E-state index is 11.7. The summed E-state index contributed by atoms with van der Waals surface area (Å²) >= 11 is 0. The minimum Gasteiger partial charge on any atom is -0.454 e. The number of ether oxygens (including phenoxy) is 2. The maximum absolute atomic E-state index is 11.7. The van der Waals surface area contributed by atoms with Crippen LogP contribution in [0.5, 0.6) is 11.5 Å². The molecule has 1 heterocycles. The van der Waals surface area contributed by atoms with Crippen LogP contribution in [0.1, 0.15) is 25.8 Å². The Hall–Kier alpha value is -1.97. The predicted molar refractivity (Wildman–Crippen MR) is 73.3 cm³/mol. The van der Waals surface area contributed by atoms with Crippen LogP contribution in [-0.4, -0.2) is 19.2 Å². The van der Waals surface area contributed by atoms with E-state index in [4.69, 9.17) is 9.47 Å². The van der Waals surface area contributed by atoms with Crippen molar-refractivity contribution in [1.29, 1.82) is 0 Å². The van der Waals surface area contributed by atoms with Gasteiger partial charge in [-0.2, -0.15) is 0 Å². The number of carbonyl (C=O) groups excluding carboxylic acids is 1. The number of amides is 1. The lowest BCUT2D eigenvalue weighted by Crippen LogP contribution is -2.26. The first-order chi connectivity index (χ1) is 9.20. The second kappa shape index (κ2) is 6.27. The van der Waals surface area contributed by atoms with Gasteiger partial charge in [0.1, 0.15) is 0 Å². The van der Waals surface area contributed by atoms with E-state index in [0.29, 0.717) is 6.54 Å². The molecule has 0 saturated carbocycles. The Bertz CT molecular complexity index is 494. The minimum absolute atomic E-state index is 0.00240. The molecule has 4 nitrogen and oxygen atoms in total. The van der Waals surface area contributed by atoms with Crippen molar-refractivity contribution in [2.24, 2.45) is 0 Å². The molecule has 0 fully saturated rings. The first-order valence-corrected chi connectivity index (χ1v) is 6.54. The van der Waals surface area contributed by atoms with E-state index in [-0.39, 0.29) is 12.7 Å². The number of hydrogen-bond donors (Lipinski definition) is 1. The van der Waals surface area contributed by atoms with Gasteiger partial charge in [0.15, 0.2) is 11.5 Å². The van der Waals surface area contributed by atoms with Crippen LogP contribution in [0.15, 0.2) is 29.8 Å². The molecule has 1 aromatic rings. The average Bonchev–Trinajstić information content (AvgIpc) is 2.86. The average molecular weight is 261 g/mol. The highest BCUT2D eigenvalue weighted by Crippen LogP contribution is 2.32. The van der Waals surface area contributed by atoms with Crippen LogP contribution in [0, 0.1) is 0 Å². The molecule has 0 aromatic heterocycles. The summed E-state index contributed by atoms with van der Waals surface area (Å²) < 4.78 is 10.6. The number of nitrogens with one attached hydrogen (secondary N) is 1. The van der Waals surface area contributed by atoms with E-state index in [0.717, 1.165) is 35.5 Å². The maximum Gasteiger partial charge on any atom is 0.246 e. The lowest BCUT2D eigenvalue weighted by molar-refractivity contribution is -0.117. The quantitative estimate of drug-likeness (QED) is 0.828. The topological polar surface area (TPSA) is 47.6 Å². The highest BCUT2D eigenvalue weighted by Gasteiger charge is 2.13. The zero-order valence-electron chi connectivity index (χ0n) is 11.4. The fraction of sp³-hybridized carbons (Fsp3) is 0.400. The normalized spacial score (nSPS) is 13.5. The molecule has 0 unspecified atom stereocenters. The van der Waals surface area contributed by atoms with Crippen LogP contribution in [-0.2, 0) is 11.2 Å². The standard InChI is InChI=1S/C15H19NO3/c1-3-4-11(2)15(17)16-8-7-12-5-6-13-14(9-12)19-10-18-13/h4-6,9H,3,7-8,10H2,1-2H3,(H,16,17)/b11-4-. The third kappa shape index (κ3) is 3.50. The molecule has 102 valence electrons. The molecule has 0 atom stereocenters. The molecule has 4 heteroatoms. The molecular formula is C15H19NO3. The van der Waals surface area contributed by atoms with Crippen molar-refractivity contribution in [2.75, 3.05) is 13.3 Å². The molecule has 0 radical (unpaired) electrons. The molecule has 19 heavy (non-hydrogen) atoms. The van der Waals surface area contributed by atoms with Crippen molar-refractivity contribution in [3.8, 4) is 11.5 Å². The molecule has 0 bridgehead atoms. The molecule has 1 aliphatic rings. The van der Waals surface area contributed by atoms with Gasteiger partial charge in [0.05, 0.1) is 0 Å². The van der Waals surface area contributed by atoms with Crippen LogP contribution in [0.25, 0.3) is 0 Å². The van der Waals surface area contributed by atoms with E-state index < -0.39 is 0 Å². The summed E-state index contributed by atoms with van der Waals surface area (Å²) in [5, 5.41) is 2.90. The van der Waals surface area contributed by atoms with Gasteiger partial charge >= 0.3 is 0 Å². The summed E-state index contributed by atoms with van der Waals surface area (Å²) in [6, 6.07) is 5.86. The van der Waals surface area contributed by atoms with Gasteiger partial charge in [-0.05, 0) is 37.5 Å². The first kappa shape index (κ1) is 13.5. The number of carbonyl (C=O) groups is 1. The Morgan fingerprint density at radius 2 is 2.16 bits per heavy atom. The Morgan fingerprint density at radius 1 is 1.37 bits per heavy atom. The summed E-state index contributed by atoms with van der Waals surface area (Å²) in [7, 11) is 0. The van der Waals surface area contributed by atoms with Gasteiger partial charge in [0, 0.05) is 12.1 Å². The smallest absolute Gasteiger partial charge is 0.246 e. The lowest BCUT2D eigenvalue weighted by atomic mass is 10.1. The molecule has 1 aliphatic heterocycles. The molecule has 1 N–H and O–H groups in total. The predicted octanol–water partition coefficient (Wildman–Crippen LogP) is 2.43. The summed E-state index contributed by atoms with van der Waals surface area (Å²) in [5.74, 6) is 1.57. The fourth-order valence-corrected chi connectivity index (χ4v) is 1.96. The van der Waals surface area contributed by atoms with Crippen LogP contribution >= 0.6 is 0 Å². The highest BCUT2D eigenvalue weighted by atomic mass is 16.7. The second-order valence-electron chi connectivity index (χ2n) is 4.49. The number of hydrogen-bond acceptors (Lipinski definition) is 3. The zero-order chi connectivity index (χ0) is 13.7. The van der Waals surface area contributed by atoms with Crippen LogP contribution in [0.2, 0.25) is 0 Å². The van der Waals surface area contributed by atoms with E-state index in [2.05, 4.69) is 5.32 Å². The number of benzene rings is 1. The Labute approximate surface area is 113 Å². The van der Waals surface area contributed by atoms with E-state index in [1.54, 1.807) is 0 Å². The Kier molecular flexibility index (Phi) is 4.44. The van der Waals surface area contributed by atoms with E-state index >= 15 is 0 Å². The molecule has 0 aliphatic carbocycles. The van der Waals surface area contributed by atoms with Crippen LogP contribution in [0.3, 0.4) is 0 Å². The van der Waals surface area contributed by atoms with Crippen molar-refractivity contribution in [1.82, 2.24) is 5.32 Å². The molecule has 0 saturated heterocycles. The summed E-state index contributed by atoms with van der Waals surface area (Å²) in [4.78, 5) is 11.7. The summed E-state index contributed by atoms with van der Waals surface area (Å²) in [6.45, 7) is 4.76. The van der Waals surface area contributed by atoms with Crippen LogP contribution < -0.4 is 14.8 Å². The zero-order valence-corrected chi connectivity index (χ0v) is 11.4. The summed E-state index contributed by atoms with van der Waals surface area (Å²) in [6.07, 6.45) is 3.58. The van der Waals surface area contributed by atoms with Gasteiger partial charge in [0.25, 0.3) is 0 Å². The van der Waals surface area contributed by atoms with E-state index in [1.807, 2.05) is 38.1 Å². The van der Waals surface area contributed by atoms with Crippen molar-refractivity contribution in [3.05, 3.63) is 35.4 Å². The Balaban J connectivity index is 1.83. The van der Waals surface area contributed by atoms with Gasteiger partial charge in [-0.3, -0.25) is 4.79 Å². The minimum atomic E-state index is 0.00240. The van der Waals surface area contributed by atoms with Gasteiger partial charge in [-0.1, -0.05) is 19.1 Å². The van der Waals surface area contributed by atoms with Gasteiger partial charge < -0.3 is 14.8 Å². The van der Waals surface area contributed by atoms with Crippen molar-refractivity contribution in [2.45, 2.75) is 26.7 Å². The number of fused-ring (bicyclic) bond motifs is 1. The third-order valence-corrected chi connectivity index (χ3v) is 3.00. The third-order valence-electron chi connectivity index (χ3n) is 3.00. The van der Waals surface area contributed by atoms with Crippen molar-refractivity contribution in [3.63, 3.8) is 0 Å². The molecular weight excluding hydrogens is 242 g/mol. The molecule has 1 aromatic carbocycles. The first-order valence-electron chi connectivity index (χ1n) is 6.54. The molecule has 0 spiro atoms. The van der Waals surface area contributed by atoms with Crippen molar-refractivity contribution < 1.29 is 14.3 Å². The summed E-state index contributed by atoms with van der Waals surface area (Å²) in [5.41, 5.74) is 1.90.